The fourth-order valence-electron chi connectivity index (χ4n) is 0.907. The maximum absolute atomic E-state index is 5.80. The Morgan fingerprint density at radius 2 is 2.23 bits per heavy atom. The smallest absolute Gasteiger partial charge is 0.102 e. The first-order valence-electron chi connectivity index (χ1n) is 3.80. The van der Waals surface area contributed by atoms with Crippen molar-refractivity contribution in [3.8, 4) is 0 Å². The summed E-state index contributed by atoms with van der Waals surface area (Å²) in [6, 6.07) is 5.55. The van der Waals surface area contributed by atoms with Crippen molar-refractivity contribution in [2.45, 2.75) is 6.92 Å². The zero-order valence-corrected chi connectivity index (χ0v) is 9.06. The molecule has 0 unspecified atom stereocenters. The highest BCUT2D eigenvalue weighted by molar-refractivity contribution is 7.78. The van der Waals surface area contributed by atoms with Crippen LogP contribution in [0.25, 0.3) is 0 Å². The van der Waals surface area contributed by atoms with Crippen LogP contribution in [0.1, 0.15) is 5.56 Å². The molecule has 1 rings (SSSR count). The Kier molecular flexibility index (Phi) is 3.63. The lowest BCUT2D eigenvalue weighted by Gasteiger charge is -2.02. The molecule has 1 aromatic carbocycles. The van der Waals surface area contributed by atoms with Gasteiger partial charge in [0.15, 0.2) is 0 Å². The summed E-state index contributed by atoms with van der Waals surface area (Å²) in [6.07, 6.45) is 1.59. The monoisotopic (exact) mass is 213 g/mol. The van der Waals surface area contributed by atoms with Crippen LogP contribution >= 0.6 is 24.4 Å². The summed E-state index contributed by atoms with van der Waals surface area (Å²) in [5, 5.41) is 0.725. The van der Waals surface area contributed by atoms with Crippen molar-refractivity contribution < 1.29 is 0 Å². The van der Waals surface area contributed by atoms with Crippen molar-refractivity contribution in [3.05, 3.63) is 28.8 Å². The molecular formula is C9H10ClN2S. The maximum atomic E-state index is 5.80. The normalized spacial score (nSPS) is 10.8. The topological polar surface area (TPSA) is 15.6 Å². The number of hydrogen-bond donors (Lipinski definition) is 0. The zero-order chi connectivity index (χ0) is 9.84. The summed E-state index contributed by atoms with van der Waals surface area (Å²) >= 11 is 10.6. The third-order valence-corrected chi connectivity index (χ3v) is 1.85. The fraction of sp³-hybridized carbons (Fsp3) is 0.222. The fourth-order valence-corrected chi connectivity index (χ4v) is 1.18. The minimum Gasteiger partial charge on any atom is -0.299 e. The Hall–Kier alpha value is -0.670. The van der Waals surface area contributed by atoms with Crippen LogP contribution in [0.4, 0.5) is 5.69 Å². The van der Waals surface area contributed by atoms with Crippen LogP contribution in [0, 0.1) is 6.92 Å². The zero-order valence-electron chi connectivity index (χ0n) is 7.49. The summed E-state index contributed by atoms with van der Waals surface area (Å²) in [7, 11) is 1.75. The molecule has 0 bridgehead atoms. The number of aliphatic imine (C=N–C) groups is 1. The van der Waals surface area contributed by atoms with E-state index in [4.69, 9.17) is 24.4 Å². The largest absolute Gasteiger partial charge is 0.299 e. The molecule has 0 N–H and O–H groups in total. The van der Waals surface area contributed by atoms with Crippen molar-refractivity contribution in [3.63, 3.8) is 0 Å². The number of halogens is 1. The van der Waals surface area contributed by atoms with Crippen molar-refractivity contribution in [1.82, 2.24) is 4.31 Å². The van der Waals surface area contributed by atoms with Crippen LogP contribution in [0.15, 0.2) is 23.2 Å². The Labute approximate surface area is 88.8 Å². The van der Waals surface area contributed by atoms with E-state index in [0.29, 0.717) is 0 Å². The molecule has 0 aliphatic heterocycles. The summed E-state index contributed by atoms with van der Waals surface area (Å²) in [5.41, 5.74) is 1.93. The summed E-state index contributed by atoms with van der Waals surface area (Å²) < 4.78 is 1.48. The van der Waals surface area contributed by atoms with E-state index in [-0.39, 0.29) is 0 Å². The molecule has 0 heterocycles. The molecule has 0 saturated heterocycles. The number of hydrogen-bond acceptors (Lipinski definition) is 1. The van der Waals surface area contributed by atoms with Gasteiger partial charge in [-0.2, -0.15) is 0 Å². The van der Waals surface area contributed by atoms with Crippen LogP contribution < -0.4 is 0 Å². The molecule has 0 amide bonds. The third kappa shape index (κ3) is 3.28. The average Bonchev–Trinajstić information content (AvgIpc) is 2.02. The highest BCUT2D eigenvalue weighted by atomic mass is 35.5. The minimum absolute atomic E-state index is 0.725. The van der Waals surface area contributed by atoms with Crippen LogP contribution in [0.2, 0.25) is 5.02 Å². The third-order valence-electron chi connectivity index (χ3n) is 1.52. The Morgan fingerprint density at radius 1 is 1.54 bits per heavy atom. The summed E-state index contributed by atoms with van der Waals surface area (Å²) in [5.74, 6) is 0. The number of aryl methyl sites for hydroxylation is 1. The predicted molar refractivity (Wildman–Crippen MR) is 59.7 cm³/mol. The number of nitrogens with zero attached hydrogens (tertiary/aromatic N) is 2. The lowest BCUT2D eigenvalue weighted by molar-refractivity contribution is 0.884. The quantitative estimate of drug-likeness (QED) is 0.544. The van der Waals surface area contributed by atoms with Crippen molar-refractivity contribution in [2.75, 3.05) is 7.05 Å². The van der Waals surface area contributed by atoms with Crippen LogP contribution in [0.5, 0.6) is 0 Å². The molecular weight excluding hydrogens is 204 g/mol. The van der Waals surface area contributed by atoms with Crippen molar-refractivity contribution in [2.24, 2.45) is 4.99 Å². The lowest BCUT2D eigenvalue weighted by atomic mass is 10.2. The number of rotatable bonds is 2. The highest BCUT2D eigenvalue weighted by Crippen LogP contribution is 2.21. The molecule has 0 atom stereocenters. The second-order valence-corrected chi connectivity index (χ2v) is 3.73. The van der Waals surface area contributed by atoms with Crippen molar-refractivity contribution in [1.29, 1.82) is 0 Å². The first kappa shape index (κ1) is 10.4. The minimum atomic E-state index is 0.725. The molecule has 69 valence electrons. The van der Waals surface area contributed by atoms with Gasteiger partial charge in [-0.3, -0.25) is 4.31 Å². The van der Waals surface area contributed by atoms with Gasteiger partial charge in [0.25, 0.3) is 0 Å². The van der Waals surface area contributed by atoms with Crippen LogP contribution in [0.3, 0.4) is 0 Å². The first-order chi connectivity index (χ1) is 6.09. The molecule has 1 aromatic rings. The molecule has 0 saturated carbocycles. The molecule has 4 heteroatoms. The van der Waals surface area contributed by atoms with Gasteiger partial charge < -0.3 is 0 Å². The highest BCUT2D eigenvalue weighted by Gasteiger charge is 1.95. The van der Waals surface area contributed by atoms with Gasteiger partial charge in [-0.25, -0.2) is 4.99 Å². The van der Waals surface area contributed by atoms with E-state index in [0.717, 1.165) is 16.3 Å². The average molecular weight is 214 g/mol. The molecule has 0 aliphatic rings. The van der Waals surface area contributed by atoms with E-state index in [2.05, 4.69) is 4.99 Å². The van der Waals surface area contributed by atoms with E-state index in [1.807, 2.05) is 25.1 Å². The van der Waals surface area contributed by atoms with Gasteiger partial charge in [-0.15, -0.1) is 0 Å². The second kappa shape index (κ2) is 4.53. The van der Waals surface area contributed by atoms with Gasteiger partial charge in [0.05, 0.1) is 5.69 Å². The predicted octanol–water partition coefficient (Wildman–Crippen LogP) is 3.35. The molecule has 1 radical (unpaired) electrons. The van der Waals surface area contributed by atoms with E-state index in [1.165, 1.54) is 4.31 Å². The summed E-state index contributed by atoms with van der Waals surface area (Å²) in [6.45, 7) is 1.96. The first-order valence-corrected chi connectivity index (χ1v) is 4.54. The Morgan fingerprint density at radius 3 is 2.77 bits per heavy atom. The standard InChI is InChI=1S/C9H10ClN2S/c1-7-5-8(10)3-4-9(7)11-6-12(2)13/h3-6H,1-2H3/b11-6+. The van der Waals surface area contributed by atoms with Crippen LogP contribution in [-0.4, -0.2) is 17.7 Å². The molecule has 13 heavy (non-hydrogen) atoms. The van der Waals surface area contributed by atoms with E-state index >= 15 is 0 Å². The summed E-state index contributed by atoms with van der Waals surface area (Å²) in [4.78, 5) is 4.18. The van der Waals surface area contributed by atoms with Gasteiger partial charge in [-0.05, 0) is 30.7 Å². The molecule has 0 fully saturated rings. The van der Waals surface area contributed by atoms with Gasteiger partial charge in [0, 0.05) is 24.9 Å². The van der Waals surface area contributed by atoms with Gasteiger partial charge in [0.1, 0.15) is 6.34 Å². The Bertz CT molecular complexity index is 323. The van der Waals surface area contributed by atoms with E-state index in [9.17, 15) is 0 Å². The van der Waals surface area contributed by atoms with Gasteiger partial charge in [-0.1, -0.05) is 11.6 Å². The van der Waals surface area contributed by atoms with Crippen LogP contribution in [-0.2, 0) is 0 Å². The lowest BCUT2D eigenvalue weighted by Crippen LogP contribution is -1.99. The molecule has 0 spiro atoms. The van der Waals surface area contributed by atoms with E-state index in [1.54, 1.807) is 13.4 Å². The molecule has 0 aromatic heterocycles. The molecule has 2 nitrogen and oxygen atoms in total. The molecule has 0 aliphatic carbocycles. The Balaban J connectivity index is 2.90. The van der Waals surface area contributed by atoms with Gasteiger partial charge in [0.2, 0.25) is 0 Å². The van der Waals surface area contributed by atoms with Crippen molar-refractivity contribution >= 4 is 36.4 Å². The van der Waals surface area contributed by atoms with E-state index < -0.39 is 0 Å². The maximum Gasteiger partial charge on any atom is 0.102 e. The second-order valence-electron chi connectivity index (χ2n) is 2.72. The number of benzene rings is 1. The SMILES string of the molecule is Cc1cc(Cl)ccc1/N=C/N(C)[S]. The van der Waals surface area contributed by atoms with Gasteiger partial charge >= 0.3 is 0 Å².